The van der Waals surface area contributed by atoms with Gasteiger partial charge in [0.05, 0.1) is 19.6 Å². The summed E-state index contributed by atoms with van der Waals surface area (Å²) in [4.78, 5) is 23.3. The zero-order valence-corrected chi connectivity index (χ0v) is 17.5. The fourth-order valence-electron chi connectivity index (χ4n) is 1.36. The standard InChI is InChI=1S/C14H31NO4Si2.ClH/c1-20(2,3)9-7-18-13(16)11-12(15)14(17)19-8-10-21(4,5)6;/h12H,7-11,15H2,1-6H3;1H. The molecule has 1 atom stereocenters. The monoisotopic (exact) mass is 369 g/mol. The molecular formula is C14H32ClNO4Si2. The predicted molar refractivity (Wildman–Crippen MR) is 98.1 cm³/mol. The van der Waals surface area contributed by atoms with Crippen LogP contribution in [0.15, 0.2) is 0 Å². The number of esters is 2. The highest BCUT2D eigenvalue weighted by Gasteiger charge is 2.22. The molecule has 0 aromatic carbocycles. The number of carbonyl (C=O) groups is 2. The SMILES string of the molecule is C[Si](C)(C)CCOC(=O)CC(N)C(=O)OCC[Si](C)(C)C.Cl. The Bertz CT molecular complexity index is 354. The van der Waals surface area contributed by atoms with Gasteiger partial charge in [0.1, 0.15) is 6.04 Å². The van der Waals surface area contributed by atoms with Crippen LogP contribution >= 0.6 is 12.4 Å². The van der Waals surface area contributed by atoms with E-state index in [4.69, 9.17) is 15.2 Å². The molecule has 0 aliphatic rings. The van der Waals surface area contributed by atoms with Crippen molar-refractivity contribution in [3.05, 3.63) is 0 Å². The van der Waals surface area contributed by atoms with Crippen LogP contribution in [-0.2, 0) is 19.1 Å². The largest absolute Gasteiger partial charge is 0.466 e. The fourth-order valence-corrected chi connectivity index (χ4v) is 2.79. The molecule has 0 aliphatic heterocycles. The molecule has 0 aromatic rings. The molecule has 0 fully saturated rings. The lowest BCUT2D eigenvalue weighted by Gasteiger charge is -2.17. The molecule has 2 N–H and O–H groups in total. The van der Waals surface area contributed by atoms with Crippen molar-refractivity contribution in [3.8, 4) is 0 Å². The molecule has 0 saturated heterocycles. The van der Waals surface area contributed by atoms with Crippen LogP contribution in [-0.4, -0.2) is 47.3 Å². The summed E-state index contributed by atoms with van der Waals surface area (Å²) in [7, 11) is -2.45. The highest BCUT2D eigenvalue weighted by Crippen LogP contribution is 2.09. The molecule has 0 spiro atoms. The number of hydrogen-bond donors (Lipinski definition) is 1. The van der Waals surface area contributed by atoms with Gasteiger partial charge in [0, 0.05) is 16.1 Å². The maximum Gasteiger partial charge on any atom is 0.323 e. The van der Waals surface area contributed by atoms with E-state index in [1.165, 1.54) is 0 Å². The second-order valence-electron chi connectivity index (χ2n) is 7.82. The van der Waals surface area contributed by atoms with Crippen molar-refractivity contribution in [2.45, 2.75) is 63.8 Å². The molecule has 22 heavy (non-hydrogen) atoms. The summed E-state index contributed by atoms with van der Waals surface area (Å²) in [5.74, 6) is -0.946. The van der Waals surface area contributed by atoms with Crippen molar-refractivity contribution < 1.29 is 19.1 Å². The van der Waals surface area contributed by atoms with Crippen LogP contribution < -0.4 is 5.73 Å². The van der Waals surface area contributed by atoms with Crippen molar-refractivity contribution in [2.24, 2.45) is 5.73 Å². The Morgan fingerprint density at radius 2 is 1.32 bits per heavy atom. The second kappa shape index (κ2) is 10.4. The maximum absolute atomic E-state index is 11.7. The summed E-state index contributed by atoms with van der Waals surface area (Å²) in [5.41, 5.74) is 5.67. The van der Waals surface area contributed by atoms with Crippen molar-refractivity contribution in [2.75, 3.05) is 13.2 Å². The molecule has 0 radical (unpaired) electrons. The Kier molecular flexibility index (Phi) is 11.3. The normalized spacial score (nSPS) is 13.0. The first-order valence-electron chi connectivity index (χ1n) is 7.48. The van der Waals surface area contributed by atoms with Crippen molar-refractivity contribution >= 4 is 40.5 Å². The molecule has 0 rings (SSSR count). The first-order chi connectivity index (χ1) is 9.41. The van der Waals surface area contributed by atoms with Crippen LogP contribution in [0.5, 0.6) is 0 Å². The second-order valence-corrected chi connectivity index (χ2v) is 19.1. The van der Waals surface area contributed by atoms with Gasteiger partial charge in [-0.25, -0.2) is 0 Å². The maximum atomic E-state index is 11.7. The minimum Gasteiger partial charge on any atom is -0.466 e. The van der Waals surface area contributed by atoms with E-state index >= 15 is 0 Å². The highest BCUT2D eigenvalue weighted by atomic mass is 35.5. The molecule has 0 heterocycles. The first kappa shape index (κ1) is 23.9. The minimum absolute atomic E-state index is 0. The number of halogens is 1. The van der Waals surface area contributed by atoms with Crippen LogP contribution in [0.4, 0.5) is 0 Å². The van der Waals surface area contributed by atoms with E-state index in [1.54, 1.807) is 0 Å². The summed E-state index contributed by atoms with van der Waals surface area (Å²) < 4.78 is 10.2. The van der Waals surface area contributed by atoms with Gasteiger partial charge in [-0.3, -0.25) is 9.59 Å². The molecule has 0 aliphatic carbocycles. The van der Waals surface area contributed by atoms with Gasteiger partial charge in [0.2, 0.25) is 0 Å². The number of ether oxygens (including phenoxy) is 2. The third kappa shape index (κ3) is 14.6. The number of carbonyl (C=O) groups excluding carboxylic acids is 2. The molecule has 5 nitrogen and oxygen atoms in total. The summed E-state index contributed by atoms with van der Waals surface area (Å²) in [6.45, 7) is 14.0. The quantitative estimate of drug-likeness (QED) is 0.499. The van der Waals surface area contributed by atoms with Crippen molar-refractivity contribution in [3.63, 3.8) is 0 Å². The fraction of sp³-hybridized carbons (Fsp3) is 0.857. The third-order valence-electron chi connectivity index (χ3n) is 2.90. The van der Waals surface area contributed by atoms with Crippen molar-refractivity contribution in [1.29, 1.82) is 0 Å². The van der Waals surface area contributed by atoms with Gasteiger partial charge >= 0.3 is 11.9 Å². The predicted octanol–water partition coefficient (Wildman–Crippen LogP) is 2.89. The lowest BCUT2D eigenvalue weighted by Crippen LogP contribution is -2.36. The van der Waals surface area contributed by atoms with Crippen LogP contribution in [0.2, 0.25) is 51.4 Å². The number of nitrogens with two attached hydrogens (primary N) is 1. The van der Waals surface area contributed by atoms with E-state index in [2.05, 4.69) is 39.3 Å². The molecule has 0 amide bonds. The van der Waals surface area contributed by atoms with Crippen LogP contribution in [0.25, 0.3) is 0 Å². The summed E-state index contributed by atoms with van der Waals surface area (Å²) in [5, 5.41) is 0. The van der Waals surface area contributed by atoms with Gasteiger partial charge in [-0.05, 0) is 12.1 Å². The number of rotatable bonds is 9. The van der Waals surface area contributed by atoms with Gasteiger partial charge in [0.15, 0.2) is 0 Å². The molecule has 8 heteroatoms. The summed E-state index contributed by atoms with van der Waals surface area (Å²) in [6.07, 6.45) is -0.114. The lowest BCUT2D eigenvalue weighted by molar-refractivity contribution is -0.151. The van der Waals surface area contributed by atoms with E-state index in [0.29, 0.717) is 13.2 Å². The molecule has 0 aromatic heterocycles. The Labute approximate surface area is 142 Å². The van der Waals surface area contributed by atoms with Crippen molar-refractivity contribution in [1.82, 2.24) is 0 Å². The van der Waals surface area contributed by atoms with Gasteiger partial charge in [-0.1, -0.05) is 39.3 Å². The van der Waals surface area contributed by atoms with E-state index in [1.807, 2.05) is 0 Å². The van der Waals surface area contributed by atoms with E-state index in [0.717, 1.165) is 12.1 Å². The highest BCUT2D eigenvalue weighted by molar-refractivity contribution is 6.76. The first-order valence-corrected chi connectivity index (χ1v) is 14.9. The van der Waals surface area contributed by atoms with Crippen LogP contribution in [0.3, 0.4) is 0 Å². The third-order valence-corrected chi connectivity index (χ3v) is 6.31. The van der Waals surface area contributed by atoms with E-state index < -0.39 is 34.1 Å². The Morgan fingerprint density at radius 1 is 0.909 bits per heavy atom. The van der Waals surface area contributed by atoms with E-state index in [-0.39, 0.29) is 18.8 Å². The van der Waals surface area contributed by atoms with Gasteiger partial charge in [-0.15, -0.1) is 12.4 Å². The molecule has 132 valence electrons. The summed E-state index contributed by atoms with van der Waals surface area (Å²) >= 11 is 0. The zero-order valence-electron chi connectivity index (χ0n) is 14.7. The van der Waals surface area contributed by atoms with E-state index in [9.17, 15) is 9.59 Å². The minimum atomic E-state index is -1.23. The van der Waals surface area contributed by atoms with Gasteiger partial charge < -0.3 is 15.2 Å². The Balaban J connectivity index is 0. The zero-order chi connectivity index (χ0) is 16.7. The lowest BCUT2D eigenvalue weighted by atomic mass is 10.2. The smallest absolute Gasteiger partial charge is 0.323 e. The van der Waals surface area contributed by atoms with Gasteiger partial charge in [-0.2, -0.15) is 0 Å². The average Bonchev–Trinajstić information content (AvgIpc) is 2.24. The van der Waals surface area contributed by atoms with Crippen LogP contribution in [0, 0.1) is 0 Å². The molecule has 0 bridgehead atoms. The topological polar surface area (TPSA) is 78.6 Å². The van der Waals surface area contributed by atoms with Crippen LogP contribution in [0.1, 0.15) is 6.42 Å². The Morgan fingerprint density at radius 3 is 1.73 bits per heavy atom. The number of hydrogen-bond acceptors (Lipinski definition) is 5. The summed E-state index contributed by atoms with van der Waals surface area (Å²) in [6, 6.07) is 0.881. The molecular weight excluding hydrogens is 338 g/mol. The molecule has 0 saturated carbocycles. The van der Waals surface area contributed by atoms with Gasteiger partial charge in [0.25, 0.3) is 0 Å². The Hall–Kier alpha value is -0.376. The molecule has 1 unspecified atom stereocenters. The average molecular weight is 370 g/mol.